The minimum Gasteiger partial charge on any atom is -0.469 e. The molecule has 0 saturated carbocycles. The Morgan fingerprint density at radius 3 is 2.68 bits per heavy atom. The molecule has 0 aliphatic heterocycles. The molecule has 0 amide bonds. The van der Waals surface area contributed by atoms with Gasteiger partial charge in [-0.15, -0.1) is 0 Å². The van der Waals surface area contributed by atoms with Crippen LogP contribution in [-0.4, -0.2) is 26.1 Å². The van der Waals surface area contributed by atoms with Crippen molar-refractivity contribution in [2.45, 2.75) is 12.8 Å². The molecule has 1 aromatic carbocycles. The molecule has 0 aliphatic carbocycles. The molecule has 6 heteroatoms. The molecular weight excluding hydrogens is 349 g/mol. The molecule has 0 bridgehead atoms. The number of furan rings is 1. The largest absolute Gasteiger partial charge is 0.469 e. The van der Waals surface area contributed by atoms with E-state index < -0.39 is 0 Å². The number of aliphatic imine (C=N–C) groups is 1. The Labute approximate surface area is 138 Å². The van der Waals surface area contributed by atoms with E-state index in [1.165, 1.54) is 6.07 Å². The number of guanidine groups is 1. The zero-order valence-corrected chi connectivity index (χ0v) is 14.0. The van der Waals surface area contributed by atoms with Crippen LogP contribution in [0.4, 0.5) is 4.39 Å². The molecule has 0 atom stereocenters. The predicted molar refractivity (Wildman–Crippen MR) is 89.6 cm³/mol. The van der Waals surface area contributed by atoms with E-state index in [4.69, 9.17) is 4.42 Å². The van der Waals surface area contributed by atoms with Gasteiger partial charge in [-0.05, 0) is 42.3 Å². The van der Waals surface area contributed by atoms with Crippen LogP contribution in [0.5, 0.6) is 0 Å². The van der Waals surface area contributed by atoms with Crippen molar-refractivity contribution in [3.05, 3.63) is 58.2 Å². The summed E-state index contributed by atoms with van der Waals surface area (Å²) in [4.78, 5) is 4.14. The lowest BCUT2D eigenvalue weighted by Gasteiger charge is -2.11. The van der Waals surface area contributed by atoms with E-state index in [0.29, 0.717) is 24.5 Å². The Balaban J connectivity index is 1.73. The van der Waals surface area contributed by atoms with Gasteiger partial charge in [0, 0.05) is 31.0 Å². The van der Waals surface area contributed by atoms with Gasteiger partial charge in [-0.25, -0.2) is 4.39 Å². The zero-order chi connectivity index (χ0) is 15.8. The molecular formula is C16H19BrFN3O. The summed E-state index contributed by atoms with van der Waals surface area (Å²) in [6, 6.07) is 8.77. The molecule has 22 heavy (non-hydrogen) atoms. The number of rotatable bonds is 6. The first-order chi connectivity index (χ1) is 10.7. The SMILES string of the molecule is CN=C(NCCc1ccco1)NCCc1cc(Br)ccc1F. The van der Waals surface area contributed by atoms with E-state index in [1.54, 1.807) is 25.4 Å². The molecule has 2 N–H and O–H groups in total. The standard InChI is InChI=1S/C16H19BrFN3O/c1-19-16(21-9-7-14-3-2-10-22-14)20-8-6-12-11-13(17)4-5-15(12)18/h2-5,10-11H,6-9H2,1H3,(H2,19,20,21). The molecule has 1 heterocycles. The van der Waals surface area contributed by atoms with Crippen molar-refractivity contribution < 1.29 is 8.81 Å². The Hall–Kier alpha value is -1.82. The molecule has 0 spiro atoms. The number of halogens is 2. The first-order valence-corrected chi connectivity index (χ1v) is 7.89. The lowest BCUT2D eigenvalue weighted by Crippen LogP contribution is -2.39. The number of hydrogen-bond acceptors (Lipinski definition) is 2. The predicted octanol–water partition coefficient (Wildman–Crippen LogP) is 3.13. The maximum atomic E-state index is 13.6. The average Bonchev–Trinajstić information content (AvgIpc) is 3.02. The molecule has 0 radical (unpaired) electrons. The van der Waals surface area contributed by atoms with E-state index in [-0.39, 0.29) is 5.82 Å². The van der Waals surface area contributed by atoms with Crippen LogP contribution in [0.15, 0.2) is 50.5 Å². The zero-order valence-electron chi connectivity index (χ0n) is 12.4. The summed E-state index contributed by atoms with van der Waals surface area (Å²) in [6.45, 7) is 1.33. The van der Waals surface area contributed by atoms with E-state index in [9.17, 15) is 4.39 Å². The van der Waals surface area contributed by atoms with Crippen LogP contribution in [0.25, 0.3) is 0 Å². The Bertz CT molecular complexity index is 614. The lowest BCUT2D eigenvalue weighted by molar-refractivity contribution is 0.507. The smallest absolute Gasteiger partial charge is 0.191 e. The molecule has 2 rings (SSSR count). The summed E-state index contributed by atoms with van der Waals surface area (Å²) in [7, 11) is 1.71. The molecule has 1 aromatic heterocycles. The second kappa shape index (κ2) is 8.58. The van der Waals surface area contributed by atoms with Gasteiger partial charge in [0.1, 0.15) is 11.6 Å². The van der Waals surface area contributed by atoms with Gasteiger partial charge in [-0.3, -0.25) is 4.99 Å². The Morgan fingerprint density at radius 1 is 1.23 bits per heavy atom. The normalized spacial score (nSPS) is 11.5. The van der Waals surface area contributed by atoms with Crippen LogP contribution >= 0.6 is 15.9 Å². The van der Waals surface area contributed by atoms with Gasteiger partial charge >= 0.3 is 0 Å². The first-order valence-electron chi connectivity index (χ1n) is 7.10. The molecule has 0 aliphatic rings. The van der Waals surface area contributed by atoms with Crippen LogP contribution in [0.1, 0.15) is 11.3 Å². The van der Waals surface area contributed by atoms with Crippen molar-refractivity contribution in [3.63, 3.8) is 0 Å². The summed E-state index contributed by atoms with van der Waals surface area (Å²) < 4.78 is 19.8. The highest BCUT2D eigenvalue weighted by Gasteiger charge is 2.04. The van der Waals surface area contributed by atoms with E-state index >= 15 is 0 Å². The fourth-order valence-corrected chi connectivity index (χ4v) is 2.44. The third-order valence-electron chi connectivity index (χ3n) is 3.16. The van der Waals surface area contributed by atoms with Crippen molar-refractivity contribution in [3.8, 4) is 0 Å². The van der Waals surface area contributed by atoms with Crippen LogP contribution in [0, 0.1) is 5.82 Å². The fraction of sp³-hybridized carbons (Fsp3) is 0.312. The molecule has 118 valence electrons. The number of hydrogen-bond donors (Lipinski definition) is 2. The molecule has 2 aromatic rings. The van der Waals surface area contributed by atoms with Crippen molar-refractivity contribution in [2.24, 2.45) is 4.99 Å². The fourth-order valence-electron chi connectivity index (χ4n) is 2.03. The van der Waals surface area contributed by atoms with Crippen LogP contribution in [-0.2, 0) is 12.8 Å². The summed E-state index contributed by atoms with van der Waals surface area (Å²) in [5.41, 5.74) is 0.674. The first kappa shape index (κ1) is 16.5. The van der Waals surface area contributed by atoms with Crippen molar-refractivity contribution in [1.82, 2.24) is 10.6 Å². The van der Waals surface area contributed by atoms with Crippen molar-refractivity contribution >= 4 is 21.9 Å². The maximum Gasteiger partial charge on any atom is 0.191 e. The van der Waals surface area contributed by atoms with E-state index in [0.717, 1.165) is 23.2 Å². The third-order valence-corrected chi connectivity index (χ3v) is 3.66. The van der Waals surface area contributed by atoms with Gasteiger partial charge < -0.3 is 15.1 Å². The van der Waals surface area contributed by atoms with Gasteiger partial charge in [0.2, 0.25) is 0 Å². The molecule has 4 nitrogen and oxygen atoms in total. The highest BCUT2D eigenvalue weighted by Crippen LogP contribution is 2.15. The van der Waals surface area contributed by atoms with Crippen LogP contribution in [0.2, 0.25) is 0 Å². The van der Waals surface area contributed by atoms with Crippen LogP contribution in [0.3, 0.4) is 0 Å². The van der Waals surface area contributed by atoms with Gasteiger partial charge in [0.15, 0.2) is 5.96 Å². The monoisotopic (exact) mass is 367 g/mol. The van der Waals surface area contributed by atoms with Crippen molar-refractivity contribution in [1.29, 1.82) is 0 Å². The number of nitrogens with one attached hydrogen (secondary N) is 2. The van der Waals surface area contributed by atoms with Gasteiger partial charge in [-0.2, -0.15) is 0 Å². The maximum absolute atomic E-state index is 13.6. The van der Waals surface area contributed by atoms with Gasteiger partial charge in [-0.1, -0.05) is 15.9 Å². The second-order valence-electron chi connectivity index (χ2n) is 4.74. The highest BCUT2D eigenvalue weighted by molar-refractivity contribution is 9.10. The molecule has 0 unspecified atom stereocenters. The molecule has 0 saturated heterocycles. The second-order valence-corrected chi connectivity index (χ2v) is 5.66. The van der Waals surface area contributed by atoms with Crippen molar-refractivity contribution in [2.75, 3.05) is 20.1 Å². The summed E-state index contributed by atoms with van der Waals surface area (Å²) in [5.74, 6) is 1.44. The highest BCUT2D eigenvalue weighted by atomic mass is 79.9. The minimum atomic E-state index is -0.189. The minimum absolute atomic E-state index is 0.189. The van der Waals surface area contributed by atoms with Crippen LogP contribution < -0.4 is 10.6 Å². The third kappa shape index (κ3) is 5.18. The Kier molecular flexibility index (Phi) is 6.45. The topological polar surface area (TPSA) is 49.6 Å². The molecule has 0 fully saturated rings. The van der Waals surface area contributed by atoms with Gasteiger partial charge in [0.05, 0.1) is 6.26 Å². The summed E-state index contributed by atoms with van der Waals surface area (Å²) in [5, 5.41) is 6.37. The number of nitrogens with zero attached hydrogens (tertiary/aromatic N) is 1. The Morgan fingerprint density at radius 2 is 2.00 bits per heavy atom. The summed E-state index contributed by atoms with van der Waals surface area (Å²) in [6.07, 6.45) is 3.03. The number of benzene rings is 1. The quantitative estimate of drug-likeness (QED) is 0.609. The average molecular weight is 368 g/mol. The van der Waals surface area contributed by atoms with E-state index in [2.05, 4.69) is 31.6 Å². The van der Waals surface area contributed by atoms with E-state index in [1.807, 2.05) is 12.1 Å². The van der Waals surface area contributed by atoms with Gasteiger partial charge in [0.25, 0.3) is 0 Å². The summed E-state index contributed by atoms with van der Waals surface area (Å²) >= 11 is 3.35. The lowest BCUT2D eigenvalue weighted by atomic mass is 10.1.